The van der Waals surface area contributed by atoms with E-state index in [4.69, 9.17) is 11.6 Å². The summed E-state index contributed by atoms with van der Waals surface area (Å²) in [5.41, 5.74) is 2.83. The van der Waals surface area contributed by atoms with Gasteiger partial charge in [-0.25, -0.2) is 4.98 Å². The molecule has 6 rings (SSSR count). The quantitative estimate of drug-likeness (QED) is 0.277. The van der Waals surface area contributed by atoms with Gasteiger partial charge in [0.25, 0.3) is 0 Å². The van der Waals surface area contributed by atoms with E-state index in [2.05, 4.69) is 46.6 Å². The van der Waals surface area contributed by atoms with Crippen LogP contribution >= 0.6 is 38.9 Å². The van der Waals surface area contributed by atoms with Crippen LogP contribution < -0.4 is 5.32 Å². The van der Waals surface area contributed by atoms with Gasteiger partial charge in [0.1, 0.15) is 5.01 Å². The molecule has 1 fully saturated rings. The molecule has 0 bridgehead atoms. The summed E-state index contributed by atoms with van der Waals surface area (Å²) >= 11 is 10.9. The molecular weight excluding hydrogens is 604 g/mol. The first-order valence-corrected chi connectivity index (χ1v) is 14.1. The second-order valence-electron chi connectivity index (χ2n) is 9.03. The summed E-state index contributed by atoms with van der Waals surface area (Å²) in [6.45, 7) is 0.845. The molecule has 0 aliphatic carbocycles. The van der Waals surface area contributed by atoms with Crippen LogP contribution in [0.2, 0.25) is 5.02 Å². The number of carbonyl (C=O) groups excluding carboxylic acids is 2. The van der Waals surface area contributed by atoms with Crippen molar-refractivity contribution in [2.75, 3.05) is 18.4 Å². The first-order chi connectivity index (χ1) is 18.9. The Bertz CT molecular complexity index is 1680. The van der Waals surface area contributed by atoms with Crippen LogP contribution in [0.4, 0.5) is 5.69 Å². The summed E-state index contributed by atoms with van der Waals surface area (Å²) in [7, 11) is 0. The van der Waals surface area contributed by atoms with Crippen molar-refractivity contribution >= 4 is 66.6 Å². The predicted molar refractivity (Wildman–Crippen MR) is 152 cm³/mol. The minimum absolute atomic E-state index is 0.0495. The number of thiazole rings is 1. The van der Waals surface area contributed by atoms with E-state index in [-0.39, 0.29) is 5.92 Å². The third kappa shape index (κ3) is 5.54. The van der Waals surface area contributed by atoms with E-state index < -0.39 is 11.8 Å². The third-order valence-corrected chi connectivity index (χ3v) is 8.25. The van der Waals surface area contributed by atoms with E-state index >= 15 is 0 Å². The zero-order valence-corrected chi connectivity index (χ0v) is 23.4. The van der Waals surface area contributed by atoms with Crippen molar-refractivity contribution in [3.05, 3.63) is 76.2 Å². The number of pyridine rings is 1. The van der Waals surface area contributed by atoms with Crippen molar-refractivity contribution in [1.82, 2.24) is 35.1 Å². The van der Waals surface area contributed by atoms with E-state index in [0.717, 1.165) is 30.9 Å². The number of nitrogens with zero attached hydrogens (tertiary/aromatic N) is 7. The third-order valence-electron chi connectivity index (χ3n) is 6.42. The average molecular weight is 624 g/mol. The van der Waals surface area contributed by atoms with Crippen molar-refractivity contribution in [1.29, 1.82) is 0 Å². The van der Waals surface area contributed by atoms with Crippen LogP contribution in [0.15, 0.2) is 65.4 Å². The molecule has 3 aromatic heterocycles. The molecule has 0 radical (unpaired) electrons. The summed E-state index contributed by atoms with van der Waals surface area (Å²) in [6, 6.07) is 14.9. The maximum Gasteiger partial charge on any atom is 0.313 e. The molecule has 0 saturated carbocycles. The first-order valence-electron chi connectivity index (χ1n) is 12.1. The number of amides is 2. The van der Waals surface area contributed by atoms with Gasteiger partial charge >= 0.3 is 11.8 Å². The van der Waals surface area contributed by atoms with Gasteiger partial charge in [-0.05, 0) is 66.6 Å². The van der Waals surface area contributed by atoms with E-state index in [1.807, 2.05) is 30.3 Å². The van der Waals surface area contributed by atoms with Crippen LogP contribution in [0, 0.1) is 0 Å². The Morgan fingerprint density at radius 1 is 1.05 bits per heavy atom. The average Bonchev–Trinajstić information content (AvgIpc) is 3.61. The smallest absolute Gasteiger partial charge is 0.313 e. The largest absolute Gasteiger partial charge is 0.334 e. The highest BCUT2D eigenvalue weighted by molar-refractivity contribution is 9.10. The summed E-state index contributed by atoms with van der Waals surface area (Å²) in [4.78, 5) is 37.6. The molecule has 196 valence electrons. The zero-order chi connectivity index (χ0) is 26.9. The van der Waals surface area contributed by atoms with Crippen molar-refractivity contribution in [3.8, 4) is 16.3 Å². The summed E-state index contributed by atoms with van der Waals surface area (Å²) in [5.74, 6) is -0.617. The molecule has 4 heterocycles. The van der Waals surface area contributed by atoms with E-state index in [1.54, 1.807) is 29.3 Å². The number of anilines is 1. The Kier molecular flexibility index (Phi) is 7.07. The number of nitrogens with one attached hydrogen (secondary N) is 1. The highest BCUT2D eigenvalue weighted by Crippen LogP contribution is 2.32. The zero-order valence-electron chi connectivity index (χ0n) is 20.3. The van der Waals surface area contributed by atoms with Gasteiger partial charge < -0.3 is 10.2 Å². The number of hydrogen-bond donors (Lipinski definition) is 1. The molecular formula is C26H20BrClN8O2S. The number of carbonyl (C=O) groups is 2. The molecule has 0 atom stereocenters. The van der Waals surface area contributed by atoms with Crippen molar-refractivity contribution in [3.63, 3.8) is 0 Å². The minimum atomic E-state index is -0.701. The number of fused-ring (bicyclic) bond motifs is 1. The molecule has 1 saturated heterocycles. The Labute approximate surface area is 240 Å². The van der Waals surface area contributed by atoms with E-state index in [0.29, 0.717) is 42.5 Å². The molecule has 10 nitrogen and oxygen atoms in total. The second kappa shape index (κ2) is 10.8. The number of likely N-dealkylation sites (tertiary alicyclic amines) is 1. The predicted octanol–water partition coefficient (Wildman–Crippen LogP) is 5.09. The molecule has 2 amide bonds. The van der Waals surface area contributed by atoms with Gasteiger partial charge in [-0.2, -0.15) is 0 Å². The Balaban J connectivity index is 1.07. The SMILES string of the molecule is O=C(Nc1cncc(-c2nc3cc(Br)ccc3s2)c1)C(=O)N1CCC(c2nnn(-c3ccc(Cl)cc3)n2)CC1. The van der Waals surface area contributed by atoms with E-state index in [1.165, 1.54) is 22.3 Å². The van der Waals surface area contributed by atoms with Gasteiger partial charge in [0.05, 0.1) is 27.8 Å². The molecule has 1 N–H and O–H groups in total. The van der Waals surface area contributed by atoms with Crippen molar-refractivity contribution in [2.45, 2.75) is 18.8 Å². The normalized spacial score (nSPS) is 14.1. The fourth-order valence-corrected chi connectivity index (χ4v) is 5.79. The minimum Gasteiger partial charge on any atom is -0.334 e. The van der Waals surface area contributed by atoms with E-state index in [9.17, 15) is 9.59 Å². The lowest BCUT2D eigenvalue weighted by Gasteiger charge is -2.30. The maximum atomic E-state index is 12.9. The van der Waals surface area contributed by atoms with Gasteiger partial charge in [0, 0.05) is 40.3 Å². The van der Waals surface area contributed by atoms with Crippen LogP contribution in [-0.2, 0) is 9.59 Å². The van der Waals surface area contributed by atoms with Gasteiger partial charge in [-0.3, -0.25) is 14.6 Å². The topological polar surface area (TPSA) is 119 Å². The highest BCUT2D eigenvalue weighted by Gasteiger charge is 2.30. The van der Waals surface area contributed by atoms with Crippen LogP contribution in [0.25, 0.3) is 26.5 Å². The highest BCUT2D eigenvalue weighted by atomic mass is 79.9. The number of benzene rings is 2. The molecule has 2 aromatic carbocycles. The van der Waals surface area contributed by atoms with Gasteiger partial charge in [-0.1, -0.05) is 27.5 Å². The Hall–Kier alpha value is -3.74. The second-order valence-corrected chi connectivity index (χ2v) is 11.4. The fourth-order valence-electron chi connectivity index (χ4n) is 4.39. The molecule has 1 aliphatic rings. The Morgan fingerprint density at radius 2 is 1.85 bits per heavy atom. The maximum absolute atomic E-state index is 12.9. The molecule has 5 aromatic rings. The number of halogens is 2. The molecule has 0 unspecified atom stereocenters. The fraction of sp³-hybridized carbons (Fsp3) is 0.192. The van der Waals surface area contributed by atoms with Crippen LogP contribution in [0.1, 0.15) is 24.6 Å². The van der Waals surface area contributed by atoms with Gasteiger partial charge in [-0.15, -0.1) is 26.3 Å². The lowest BCUT2D eigenvalue weighted by Crippen LogP contribution is -2.44. The number of hydrogen-bond acceptors (Lipinski definition) is 8. The van der Waals surface area contributed by atoms with Gasteiger partial charge in [0.15, 0.2) is 5.82 Å². The van der Waals surface area contributed by atoms with Crippen LogP contribution in [-0.4, -0.2) is 60.0 Å². The summed E-state index contributed by atoms with van der Waals surface area (Å²) < 4.78 is 2.00. The van der Waals surface area contributed by atoms with Crippen LogP contribution in [0.3, 0.4) is 0 Å². The number of piperidine rings is 1. The first kappa shape index (κ1) is 25.5. The summed E-state index contributed by atoms with van der Waals surface area (Å²) in [5, 5.41) is 16.9. The molecule has 13 heteroatoms. The van der Waals surface area contributed by atoms with Gasteiger partial charge in [0.2, 0.25) is 0 Å². The number of rotatable bonds is 4. The monoisotopic (exact) mass is 622 g/mol. The lowest BCUT2D eigenvalue weighted by atomic mass is 9.96. The standard InChI is InChI=1S/C26H20BrClN8O2S/c27-17-1-6-22-21(12-17)31-25(39-22)16-11-19(14-29-13-16)30-24(37)26(38)35-9-7-15(8-10-35)23-32-34-36(33-23)20-4-2-18(28)3-5-20/h1-6,11-15H,7-10H2,(H,30,37). The number of aromatic nitrogens is 6. The lowest BCUT2D eigenvalue weighted by molar-refractivity contribution is -0.143. The molecule has 1 aliphatic heterocycles. The number of tetrazole rings is 1. The van der Waals surface area contributed by atoms with Crippen molar-refractivity contribution in [2.24, 2.45) is 0 Å². The molecule has 39 heavy (non-hydrogen) atoms. The van der Waals surface area contributed by atoms with Crippen molar-refractivity contribution < 1.29 is 9.59 Å². The molecule has 0 spiro atoms. The Morgan fingerprint density at radius 3 is 2.64 bits per heavy atom. The van der Waals surface area contributed by atoms with Crippen LogP contribution in [0.5, 0.6) is 0 Å². The summed E-state index contributed by atoms with van der Waals surface area (Å²) in [6.07, 6.45) is 4.47.